The highest BCUT2D eigenvalue weighted by Crippen LogP contribution is 2.30. The number of benzene rings is 1. The fourth-order valence-corrected chi connectivity index (χ4v) is 2.79. The van der Waals surface area contributed by atoms with Crippen LogP contribution in [0.4, 0.5) is 0 Å². The van der Waals surface area contributed by atoms with Gasteiger partial charge in [0.05, 0.1) is 6.61 Å². The number of aromatic amines is 1. The molecule has 3 rings (SSSR count). The van der Waals surface area contributed by atoms with Crippen LogP contribution >= 0.6 is 11.6 Å². The van der Waals surface area contributed by atoms with Gasteiger partial charge in [-0.25, -0.2) is 4.98 Å². The number of rotatable bonds is 3. The second-order valence-electron chi connectivity index (χ2n) is 4.66. The summed E-state index contributed by atoms with van der Waals surface area (Å²) in [6, 6.07) is 6.44. The Hall–Kier alpha value is -1.32. The molecular weight excluding hydrogens is 248 g/mol. The minimum Gasteiger partial charge on any atom is -0.396 e. The quantitative estimate of drug-likeness (QED) is 0.894. The zero-order valence-electron chi connectivity index (χ0n) is 10.0. The van der Waals surface area contributed by atoms with Crippen molar-refractivity contribution < 1.29 is 5.11 Å². The number of aromatic nitrogens is 2. The maximum atomic E-state index is 8.91. The molecule has 1 aromatic carbocycles. The van der Waals surface area contributed by atoms with E-state index >= 15 is 0 Å². The Morgan fingerprint density at radius 1 is 1.28 bits per heavy atom. The average Bonchev–Trinajstić information content (AvgIpc) is 2.95. The van der Waals surface area contributed by atoms with Gasteiger partial charge >= 0.3 is 0 Å². The van der Waals surface area contributed by atoms with E-state index in [1.807, 2.05) is 0 Å². The van der Waals surface area contributed by atoms with Crippen LogP contribution in [-0.2, 0) is 19.3 Å². The highest BCUT2D eigenvalue weighted by atomic mass is 35.5. The summed E-state index contributed by atoms with van der Waals surface area (Å²) in [6.07, 6.45) is 4.07. The largest absolute Gasteiger partial charge is 0.396 e. The van der Waals surface area contributed by atoms with Gasteiger partial charge in [0.15, 0.2) is 0 Å². The zero-order chi connectivity index (χ0) is 12.5. The van der Waals surface area contributed by atoms with Crippen molar-refractivity contribution in [3.05, 3.63) is 40.3 Å². The van der Waals surface area contributed by atoms with Crippen molar-refractivity contribution in [2.45, 2.75) is 25.7 Å². The molecule has 0 radical (unpaired) electrons. The molecule has 0 bridgehead atoms. The second-order valence-corrected chi connectivity index (χ2v) is 5.03. The molecule has 0 unspecified atom stereocenters. The van der Waals surface area contributed by atoms with Crippen molar-refractivity contribution in [3.63, 3.8) is 0 Å². The van der Waals surface area contributed by atoms with Gasteiger partial charge in [-0.15, -0.1) is 0 Å². The Labute approximate surface area is 111 Å². The third-order valence-corrected chi connectivity index (χ3v) is 3.70. The lowest BCUT2D eigenvalue weighted by molar-refractivity contribution is 0.297. The summed E-state index contributed by atoms with van der Waals surface area (Å²) >= 11 is 6.17. The molecule has 0 atom stereocenters. The Kier molecular flexibility index (Phi) is 3.10. The fraction of sp³-hybridized carbons (Fsp3) is 0.357. The van der Waals surface area contributed by atoms with Gasteiger partial charge in [0, 0.05) is 12.0 Å². The maximum Gasteiger partial charge on any atom is 0.134 e. The van der Waals surface area contributed by atoms with Gasteiger partial charge in [0.1, 0.15) is 16.7 Å². The molecule has 2 N–H and O–H groups in total. The summed E-state index contributed by atoms with van der Waals surface area (Å²) in [5, 5.41) is 9.47. The number of aliphatic hydroxyl groups excluding tert-OH is 1. The van der Waals surface area contributed by atoms with Gasteiger partial charge in [-0.3, -0.25) is 0 Å². The Bertz CT molecular complexity index is 577. The average molecular weight is 263 g/mol. The summed E-state index contributed by atoms with van der Waals surface area (Å²) in [6.45, 7) is 0.0769. The minimum absolute atomic E-state index is 0.0769. The van der Waals surface area contributed by atoms with E-state index in [-0.39, 0.29) is 6.61 Å². The van der Waals surface area contributed by atoms with Crippen molar-refractivity contribution in [1.29, 1.82) is 0 Å². The van der Waals surface area contributed by atoms with Crippen LogP contribution in [0.5, 0.6) is 0 Å². The SMILES string of the molecule is OCCc1nc(-c2ccc3c(c2)CCC3)c(Cl)[nH]1. The van der Waals surface area contributed by atoms with E-state index in [0.717, 1.165) is 23.5 Å². The number of nitrogens with zero attached hydrogens (tertiary/aromatic N) is 1. The molecule has 1 aromatic heterocycles. The lowest BCUT2D eigenvalue weighted by Crippen LogP contribution is -1.92. The highest BCUT2D eigenvalue weighted by molar-refractivity contribution is 6.31. The number of nitrogens with one attached hydrogen (secondary N) is 1. The predicted octanol–water partition coefficient (Wildman–Crippen LogP) is 2.75. The van der Waals surface area contributed by atoms with Gasteiger partial charge in [0.2, 0.25) is 0 Å². The molecule has 0 amide bonds. The van der Waals surface area contributed by atoms with Crippen LogP contribution < -0.4 is 0 Å². The molecule has 0 saturated heterocycles. The molecule has 4 heteroatoms. The van der Waals surface area contributed by atoms with Crippen LogP contribution in [0, 0.1) is 0 Å². The van der Waals surface area contributed by atoms with Gasteiger partial charge in [-0.05, 0) is 36.5 Å². The van der Waals surface area contributed by atoms with Crippen molar-refractivity contribution >= 4 is 11.6 Å². The summed E-state index contributed by atoms with van der Waals surface area (Å²) in [5.74, 6) is 0.734. The zero-order valence-corrected chi connectivity index (χ0v) is 10.8. The number of halogens is 1. The molecule has 94 valence electrons. The number of hydrogen-bond donors (Lipinski definition) is 2. The molecule has 1 heterocycles. The normalized spacial score (nSPS) is 13.9. The number of aryl methyl sites for hydroxylation is 2. The van der Waals surface area contributed by atoms with Crippen LogP contribution in [0.1, 0.15) is 23.4 Å². The summed E-state index contributed by atoms with van der Waals surface area (Å²) in [7, 11) is 0. The molecule has 1 aliphatic carbocycles. The monoisotopic (exact) mass is 262 g/mol. The summed E-state index contributed by atoms with van der Waals surface area (Å²) in [4.78, 5) is 7.45. The number of aliphatic hydroxyl groups is 1. The van der Waals surface area contributed by atoms with Crippen molar-refractivity contribution in [2.24, 2.45) is 0 Å². The van der Waals surface area contributed by atoms with Crippen molar-refractivity contribution in [2.75, 3.05) is 6.61 Å². The molecule has 0 fully saturated rings. The molecular formula is C14H15ClN2O. The third-order valence-electron chi connectivity index (χ3n) is 3.43. The van der Waals surface area contributed by atoms with Crippen LogP contribution in [0.2, 0.25) is 5.15 Å². The first kappa shape index (κ1) is 11.8. The molecule has 18 heavy (non-hydrogen) atoms. The van der Waals surface area contributed by atoms with Gasteiger partial charge in [-0.2, -0.15) is 0 Å². The molecule has 3 nitrogen and oxygen atoms in total. The lowest BCUT2D eigenvalue weighted by atomic mass is 10.0. The van der Waals surface area contributed by atoms with Crippen molar-refractivity contribution in [3.8, 4) is 11.3 Å². The van der Waals surface area contributed by atoms with Crippen LogP contribution in [0.3, 0.4) is 0 Å². The Morgan fingerprint density at radius 3 is 2.94 bits per heavy atom. The number of imidazole rings is 1. The van der Waals surface area contributed by atoms with Crippen molar-refractivity contribution in [1.82, 2.24) is 9.97 Å². The van der Waals surface area contributed by atoms with E-state index in [1.54, 1.807) is 0 Å². The first-order chi connectivity index (χ1) is 8.78. The van der Waals surface area contributed by atoms with E-state index < -0.39 is 0 Å². The second kappa shape index (κ2) is 4.75. The van der Waals surface area contributed by atoms with E-state index in [9.17, 15) is 0 Å². The van der Waals surface area contributed by atoms with Gasteiger partial charge in [0.25, 0.3) is 0 Å². The van der Waals surface area contributed by atoms with E-state index in [4.69, 9.17) is 16.7 Å². The smallest absolute Gasteiger partial charge is 0.134 e. The summed E-state index contributed by atoms with van der Waals surface area (Å²) in [5.41, 5.74) is 4.70. The first-order valence-electron chi connectivity index (χ1n) is 6.25. The lowest BCUT2D eigenvalue weighted by Gasteiger charge is -2.02. The number of H-pyrrole nitrogens is 1. The molecule has 0 spiro atoms. The fourth-order valence-electron chi connectivity index (χ4n) is 2.53. The van der Waals surface area contributed by atoms with Gasteiger partial charge < -0.3 is 10.1 Å². The third kappa shape index (κ3) is 2.04. The molecule has 0 aliphatic heterocycles. The Balaban J connectivity index is 1.99. The van der Waals surface area contributed by atoms with Crippen LogP contribution in [0.15, 0.2) is 18.2 Å². The molecule has 2 aromatic rings. The predicted molar refractivity (Wildman–Crippen MR) is 71.8 cm³/mol. The van der Waals surface area contributed by atoms with E-state index in [2.05, 4.69) is 28.2 Å². The van der Waals surface area contributed by atoms with Crippen LogP contribution in [0.25, 0.3) is 11.3 Å². The number of hydrogen-bond acceptors (Lipinski definition) is 2. The Morgan fingerprint density at radius 2 is 2.11 bits per heavy atom. The first-order valence-corrected chi connectivity index (χ1v) is 6.63. The number of fused-ring (bicyclic) bond motifs is 1. The maximum absolute atomic E-state index is 8.91. The topological polar surface area (TPSA) is 48.9 Å². The minimum atomic E-state index is 0.0769. The molecule has 1 aliphatic rings. The van der Waals surface area contributed by atoms with Gasteiger partial charge in [-0.1, -0.05) is 23.7 Å². The van der Waals surface area contributed by atoms with Crippen LogP contribution in [-0.4, -0.2) is 21.7 Å². The standard InChI is InChI=1S/C14H15ClN2O/c15-14-13(16-12(17-14)6-7-18)11-5-4-9-2-1-3-10(9)8-11/h4-5,8,18H,1-3,6-7H2,(H,16,17). The molecule has 0 saturated carbocycles. The summed E-state index contributed by atoms with van der Waals surface area (Å²) < 4.78 is 0. The van der Waals surface area contributed by atoms with E-state index in [1.165, 1.54) is 24.0 Å². The highest BCUT2D eigenvalue weighted by Gasteiger charge is 2.15. The van der Waals surface area contributed by atoms with E-state index in [0.29, 0.717) is 11.6 Å².